The van der Waals surface area contributed by atoms with Crippen LogP contribution in [0.1, 0.15) is 21.9 Å². The van der Waals surface area contributed by atoms with Gasteiger partial charge in [-0.2, -0.15) is 0 Å². The Bertz CT molecular complexity index is 580. The van der Waals surface area contributed by atoms with Crippen molar-refractivity contribution in [1.82, 2.24) is 5.32 Å². The van der Waals surface area contributed by atoms with E-state index in [0.717, 1.165) is 5.76 Å². The number of nitrogens with one attached hydrogen (secondary N) is 1. The lowest BCUT2D eigenvalue weighted by Gasteiger charge is -2.04. The van der Waals surface area contributed by atoms with E-state index >= 15 is 0 Å². The minimum atomic E-state index is -0.558. The second kappa shape index (κ2) is 5.35. The van der Waals surface area contributed by atoms with E-state index in [1.807, 2.05) is 13.0 Å². The summed E-state index contributed by atoms with van der Waals surface area (Å²) in [5, 5.41) is 2.60. The fourth-order valence-electron chi connectivity index (χ4n) is 1.52. The van der Waals surface area contributed by atoms with Gasteiger partial charge in [-0.1, -0.05) is 15.9 Å². The van der Waals surface area contributed by atoms with Gasteiger partial charge in [-0.15, -0.1) is 0 Å². The lowest BCUT2D eigenvalue weighted by molar-refractivity contribution is 0.0944. The quantitative estimate of drug-likeness (QED) is 0.943. The van der Waals surface area contributed by atoms with E-state index in [4.69, 9.17) is 4.42 Å². The highest BCUT2D eigenvalue weighted by atomic mass is 79.9. The molecular weight excluding hydrogens is 301 g/mol. The third kappa shape index (κ3) is 2.98. The summed E-state index contributed by atoms with van der Waals surface area (Å²) in [6.07, 6.45) is 0. The van der Waals surface area contributed by atoms with Crippen LogP contribution >= 0.6 is 15.9 Å². The average molecular weight is 312 g/mol. The molecule has 0 saturated carbocycles. The summed E-state index contributed by atoms with van der Waals surface area (Å²) in [6, 6.07) is 7.89. The molecule has 5 heteroatoms. The van der Waals surface area contributed by atoms with E-state index in [9.17, 15) is 9.18 Å². The number of aryl methyl sites for hydroxylation is 1. The third-order valence-corrected chi connectivity index (χ3v) is 2.89. The summed E-state index contributed by atoms with van der Waals surface area (Å²) >= 11 is 3.14. The molecule has 1 aromatic carbocycles. The van der Waals surface area contributed by atoms with Crippen LogP contribution in [0.3, 0.4) is 0 Å². The van der Waals surface area contributed by atoms with Gasteiger partial charge in [0.05, 0.1) is 12.1 Å². The highest BCUT2D eigenvalue weighted by Crippen LogP contribution is 2.15. The Morgan fingerprint density at radius 3 is 2.78 bits per heavy atom. The molecule has 2 rings (SSSR count). The number of amides is 1. The van der Waals surface area contributed by atoms with Crippen LogP contribution in [-0.2, 0) is 6.54 Å². The Morgan fingerprint density at radius 1 is 1.39 bits per heavy atom. The summed E-state index contributed by atoms with van der Waals surface area (Å²) in [7, 11) is 0. The van der Waals surface area contributed by atoms with Crippen LogP contribution in [0.4, 0.5) is 4.39 Å². The highest BCUT2D eigenvalue weighted by Gasteiger charge is 2.12. The maximum absolute atomic E-state index is 13.5. The molecule has 94 valence electrons. The van der Waals surface area contributed by atoms with E-state index in [1.165, 1.54) is 12.1 Å². The van der Waals surface area contributed by atoms with Gasteiger partial charge >= 0.3 is 0 Å². The zero-order valence-electron chi connectivity index (χ0n) is 9.67. The van der Waals surface area contributed by atoms with Crippen LogP contribution in [-0.4, -0.2) is 5.91 Å². The van der Waals surface area contributed by atoms with Gasteiger partial charge in [0.2, 0.25) is 0 Å². The van der Waals surface area contributed by atoms with Gasteiger partial charge in [0, 0.05) is 4.47 Å². The number of benzene rings is 1. The van der Waals surface area contributed by atoms with E-state index in [-0.39, 0.29) is 12.1 Å². The third-order valence-electron chi connectivity index (χ3n) is 2.39. The SMILES string of the molecule is Cc1ccc(CNC(=O)c2ccc(Br)cc2F)o1. The topological polar surface area (TPSA) is 42.2 Å². The molecule has 3 nitrogen and oxygen atoms in total. The van der Waals surface area contributed by atoms with Gasteiger partial charge in [0.1, 0.15) is 17.3 Å². The first-order valence-corrected chi connectivity index (χ1v) is 6.14. The molecule has 0 spiro atoms. The fraction of sp³-hybridized carbons (Fsp3) is 0.154. The molecule has 0 fully saturated rings. The number of furan rings is 1. The normalized spacial score (nSPS) is 10.4. The van der Waals surface area contributed by atoms with Gasteiger partial charge < -0.3 is 9.73 Å². The zero-order valence-corrected chi connectivity index (χ0v) is 11.3. The van der Waals surface area contributed by atoms with Crippen molar-refractivity contribution in [3.05, 3.63) is 57.7 Å². The standard InChI is InChI=1S/C13H11BrFNO2/c1-8-2-4-10(18-8)7-16-13(17)11-5-3-9(14)6-12(11)15/h2-6H,7H2,1H3,(H,16,17). The monoisotopic (exact) mass is 311 g/mol. The molecule has 0 aliphatic carbocycles. The van der Waals surface area contributed by atoms with Gasteiger partial charge in [-0.3, -0.25) is 4.79 Å². The van der Waals surface area contributed by atoms with E-state index in [1.54, 1.807) is 12.1 Å². The van der Waals surface area contributed by atoms with Gasteiger partial charge in [0.25, 0.3) is 5.91 Å². The van der Waals surface area contributed by atoms with Crippen LogP contribution in [0.2, 0.25) is 0 Å². The number of rotatable bonds is 3. The highest BCUT2D eigenvalue weighted by molar-refractivity contribution is 9.10. The number of hydrogen-bond donors (Lipinski definition) is 1. The molecule has 1 aromatic heterocycles. The predicted octanol–water partition coefficient (Wildman–Crippen LogP) is 3.42. The van der Waals surface area contributed by atoms with E-state index in [0.29, 0.717) is 10.2 Å². The molecule has 0 atom stereocenters. The first-order chi connectivity index (χ1) is 8.56. The Balaban J connectivity index is 2.03. The maximum Gasteiger partial charge on any atom is 0.254 e. The molecular formula is C13H11BrFNO2. The average Bonchev–Trinajstić information content (AvgIpc) is 2.72. The van der Waals surface area contributed by atoms with Crippen molar-refractivity contribution in [3.8, 4) is 0 Å². The Hall–Kier alpha value is -1.62. The summed E-state index contributed by atoms with van der Waals surface area (Å²) in [5.41, 5.74) is 0.0153. The number of hydrogen-bond acceptors (Lipinski definition) is 2. The van der Waals surface area contributed by atoms with Gasteiger partial charge in [-0.05, 0) is 37.3 Å². The van der Waals surface area contributed by atoms with Crippen molar-refractivity contribution in [2.24, 2.45) is 0 Å². The molecule has 18 heavy (non-hydrogen) atoms. The number of halogens is 2. The van der Waals surface area contributed by atoms with Crippen LogP contribution in [0.15, 0.2) is 39.2 Å². The van der Waals surface area contributed by atoms with Crippen molar-refractivity contribution in [2.45, 2.75) is 13.5 Å². The number of carbonyl (C=O) groups is 1. The van der Waals surface area contributed by atoms with Crippen LogP contribution in [0, 0.1) is 12.7 Å². The summed E-state index contributed by atoms with van der Waals surface area (Å²) in [6.45, 7) is 2.06. The summed E-state index contributed by atoms with van der Waals surface area (Å²) in [5.74, 6) is 0.388. The summed E-state index contributed by atoms with van der Waals surface area (Å²) < 4.78 is 19.4. The zero-order chi connectivity index (χ0) is 13.1. The molecule has 1 N–H and O–H groups in total. The van der Waals surface area contributed by atoms with Crippen LogP contribution in [0.25, 0.3) is 0 Å². The van der Waals surface area contributed by atoms with Crippen LogP contribution < -0.4 is 5.32 Å². The predicted molar refractivity (Wildman–Crippen MR) is 68.7 cm³/mol. The molecule has 0 saturated heterocycles. The van der Waals surface area contributed by atoms with Gasteiger partial charge in [0.15, 0.2) is 0 Å². The second-order valence-corrected chi connectivity index (χ2v) is 4.73. The van der Waals surface area contributed by atoms with Crippen molar-refractivity contribution in [2.75, 3.05) is 0 Å². The molecule has 0 aliphatic heterocycles. The first-order valence-electron chi connectivity index (χ1n) is 5.35. The lowest BCUT2D eigenvalue weighted by atomic mass is 10.2. The minimum Gasteiger partial charge on any atom is -0.465 e. The summed E-state index contributed by atoms with van der Waals surface area (Å²) in [4.78, 5) is 11.7. The smallest absolute Gasteiger partial charge is 0.254 e. The number of carbonyl (C=O) groups excluding carboxylic acids is 1. The Kier molecular flexibility index (Phi) is 3.81. The molecule has 0 radical (unpaired) electrons. The van der Waals surface area contributed by atoms with E-state index in [2.05, 4.69) is 21.2 Å². The van der Waals surface area contributed by atoms with Gasteiger partial charge in [-0.25, -0.2) is 4.39 Å². The largest absolute Gasteiger partial charge is 0.465 e. The maximum atomic E-state index is 13.5. The molecule has 1 amide bonds. The second-order valence-electron chi connectivity index (χ2n) is 3.82. The van der Waals surface area contributed by atoms with Crippen LogP contribution in [0.5, 0.6) is 0 Å². The first kappa shape index (κ1) is 12.8. The fourth-order valence-corrected chi connectivity index (χ4v) is 1.85. The Labute approximate surface area is 112 Å². The molecule has 0 bridgehead atoms. The van der Waals surface area contributed by atoms with Crippen molar-refractivity contribution in [1.29, 1.82) is 0 Å². The minimum absolute atomic E-state index is 0.0153. The molecule has 2 aromatic rings. The lowest BCUT2D eigenvalue weighted by Crippen LogP contribution is -2.23. The molecule has 1 heterocycles. The van der Waals surface area contributed by atoms with E-state index < -0.39 is 11.7 Å². The van der Waals surface area contributed by atoms with Crippen molar-refractivity contribution in [3.63, 3.8) is 0 Å². The van der Waals surface area contributed by atoms with Crippen molar-refractivity contribution >= 4 is 21.8 Å². The Morgan fingerprint density at radius 2 is 2.17 bits per heavy atom. The molecule has 0 unspecified atom stereocenters. The van der Waals surface area contributed by atoms with Crippen molar-refractivity contribution < 1.29 is 13.6 Å². The molecule has 0 aliphatic rings.